The van der Waals surface area contributed by atoms with E-state index in [0.29, 0.717) is 11.3 Å². The summed E-state index contributed by atoms with van der Waals surface area (Å²) in [6.45, 7) is 2.01. The van der Waals surface area contributed by atoms with Gasteiger partial charge >= 0.3 is 5.97 Å². The fraction of sp³-hybridized carbons (Fsp3) is 0.333. The summed E-state index contributed by atoms with van der Waals surface area (Å²) in [7, 11) is 0. The van der Waals surface area contributed by atoms with Crippen molar-refractivity contribution in [3.05, 3.63) is 77.9 Å². The van der Waals surface area contributed by atoms with E-state index in [1.165, 1.54) is 4.90 Å². The van der Waals surface area contributed by atoms with Crippen molar-refractivity contribution in [1.82, 2.24) is 4.90 Å². The molecule has 1 aliphatic heterocycles. The summed E-state index contributed by atoms with van der Waals surface area (Å²) in [6, 6.07) is 14.8. The van der Waals surface area contributed by atoms with Gasteiger partial charge in [0.25, 0.3) is 0 Å². The number of anilines is 1. The van der Waals surface area contributed by atoms with E-state index >= 15 is 0 Å². The van der Waals surface area contributed by atoms with Crippen molar-refractivity contribution in [3.8, 4) is 0 Å². The molecular weight excluding hydrogens is 432 g/mol. The van der Waals surface area contributed by atoms with Gasteiger partial charge in [0, 0.05) is 12.1 Å². The first-order chi connectivity index (χ1) is 16.5. The van der Waals surface area contributed by atoms with E-state index in [1.807, 2.05) is 42.5 Å². The lowest BCUT2D eigenvalue weighted by molar-refractivity contribution is -0.147. The number of imide groups is 1. The molecule has 34 heavy (non-hydrogen) atoms. The zero-order chi connectivity index (χ0) is 23.8. The molecule has 2 bridgehead atoms. The van der Waals surface area contributed by atoms with Gasteiger partial charge in [-0.25, -0.2) is 4.79 Å². The lowest BCUT2D eigenvalue weighted by Crippen LogP contribution is -2.49. The lowest BCUT2D eigenvalue weighted by Gasteiger charge is -2.27. The van der Waals surface area contributed by atoms with Crippen molar-refractivity contribution in [1.29, 1.82) is 0 Å². The topological polar surface area (TPSA) is 92.8 Å². The zero-order valence-corrected chi connectivity index (χ0v) is 18.8. The summed E-state index contributed by atoms with van der Waals surface area (Å²) in [5.74, 6) is -1.95. The number of rotatable bonds is 7. The van der Waals surface area contributed by atoms with Gasteiger partial charge in [0.1, 0.15) is 6.04 Å². The summed E-state index contributed by atoms with van der Waals surface area (Å²) in [5.41, 5.74) is 1.71. The highest BCUT2D eigenvalue weighted by Crippen LogP contribution is 2.53. The number of benzene rings is 2. The van der Waals surface area contributed by atoms with Crippen LogP contribution in [0.3, 0.4) is 0 Å². The molecule has 5 rings (SSSR count). The van der Waals surface area contributed by atoms with E-state index in [-0.39, 0.29) is 48.5 Å². The minimum Gasteiger partial charge on any atom is -0.462 e. The van der Waals surface area contributed by atoms with Crippen LogP contribution in [0.4, 0.5) is 5.69 Å². The third kappa shape index (κ3) is 3.81. The third-order valence-electron chi connectivity index (χ3n) is 7.05. The van der Waals surface area contributed by atoms with Crippen molar-refractivity contribution >= 4 is 29.4 Å². The quantitative estimate of drug-likeness (QED) is 0.391. The first-order valence-corrected chi connectivity index (χ1v) is 11.6. The molecule has 1 heterocycles. The molecule has 1 N–H and O–H groups in total. The highest BCUT2D eigenvalue weighted by molar-refractivity contribution is 6.11. The lowest BCUT2D eigenvalue weighted by atomic mass is 9.85. The molecule has 5 atom stereocenters. The fourth-order valence-corrected chi connectivity index (χ4v) is 5.50. The maximum absolute atomic E-state index is 13.5. The highest BCUT2D eigenvalue weighted by atomic mass is 16.5. The number of hydrogen-bond acceptors (Lipinski definition) is 5. The Bertz CT molecular complexity index is 1130. The molecule has 2 fully saturated rings. The molecule has 1 saturated heterocycles. The number of nitrogens with zero attached hydrogens (tertiary/aromatic N) is 1. The normalized spacial score (nSPS) is 25.4. The second kappa shape index (κ2) is 8.89. The van der Waals surface area contributed by atoms with E-state index in [2.05, 4.69) is 5.32 Å². The second-order valence-electron chi connectivity index (χ2n) is 9.04. The van der Waals surface area contributed by atoms with Crippen LogP contribution in [0.25, 0.3) is 0 Å². The Hall–Kier alpha value is -3.74. The second-order valence-corrected chi connectivity index (χ2v) is 9.04. The monoisotopic (exact) mass is 458 g/mol. The van der Waals surface area contributed by atoms with Gasteiger partial charge in [-0.2, -0.15) is 0 Å². The van der Waals surface area contributed by atoms with E-state index in [4.69, 9.17) is 4.74 Å². The summed E-state index contributed by atoms with van der Waals surface area (Å²) in [5, 5.41) is 2.83. The number of carbonyl (C=O) groups is 4. The van der Waals surface area contributed by atoms with E-state index in [9.17, 15) is 19.2 Å². The molecule has 0 aromatic heterocycles. The molecule has 0 spiro atoms. The molecule has 2 aromatic rings. The maximum atomic E-state index is 13.5. The minimum atomic E-state index is -0.961. The Morgan fingerprint density at radius 3 is 2.18 bits per heavy atom. The van der Waals surface area contributed by atoms with Gasteiger partial charge in [-0.15, -0.1) is 0 Å². The number of esters is 1. The van der Waals surface area contributed by atoms with Crippen molar-refractivity contribution in [2.45, 2.75) is 25.8 Å². The molecule has 1 saturated carbocycles. The first-order valence-electron chi connectivity index (χ1n) is 11.6. The molecule has 2 aromatic carbocycles. The molecule has 3 aliphatic rings. The molecule has 2 aliphatic carbocycles. The molecule has 7 heteroatoms. The van der Waals surface area contributed by atoms with E-state index in [0.717, 1.165) is 12.0 Å². The Kier molecular flexibility index (Phi) is 5.77. The number of nitrogens with one attached hydrogen (secondary N) is 1. The number of carbonyl (C=O) groups excluding carboxylic acids is 4. The standard InChI is InChI=1S/C27H26N2O5/c1-2-34-27(33)17-10-12-20(13-11-17)28-24(30)21(14-16-6-4-3-5-7-16)29-25(31)22-18-8-9-19(15-18)23(22)26(29)32/h3-13,18-19,21-23H,2,14-15H2,1H3,(H,28,30)/t18-,19+,21-,22-,23+/m1/s1. The zero-order valence-electron chi connectivity index (χ0n) is 18.8. The van der Waals surface area contributed by atoms with E-state index in [1.54, 1.807) is 31.2 Å². The molecule has 3 amide bonds. The largest absolute Gasteiger partial charge is 0.462 e. The van der Waals surface area contributed by atoms with Crippen LogP contribution >= 0.6 is 0 Å². The Labute approximate surface area is 197 Å². The van der Waals surface area contributed by atoms with Gasteiger partial charge in [-0.1, -0.05) is 42.5 Å². The van der Waals surface area contributed by atoms with Gasteiger partial charge < -0.3 is 10.1 Å². The molecule has 0 radical (unpaired) electrons. The Morgan fingerprint density at radius 2 is 1.59 bits per heavy atom. The number of amides is 3. The number of allylic oxidation sites excluding steroid dienone is 2. The highest BCUT2D eigenvalue weighted by Gasteiger charge is 2.61. The van der Waals surface area contributed by atoms with Crippen LogP contribution in [0.15, 0.2) is 66.7 Å². The number of ether oxygens (including phenoxy) is 1. The molecule has 174 valence electrons. The fourth-order valence-electron chi connectivity index (χ4n) is 5.50. The van der Waals surface area contributed by atoms with Gasteiger partial charge in [-0.05, 0) is 55.0 Å². The van der Waals surface area contributed by atoms with Crippen LogP contribution in [0, 0.1) is 23.7 Å². The van der Waals surface area contributed by atoms with Crippen molar-refractivity contribution in [2.75, 3.05) is 11.9 Å². The van der Waals surface area contributed by atoms with Crippen LogP contribution in [0.5, 0.6) is 0 Å². The summed E-state index contributed by atoms with van der Waals surface area (Å²) in [4.78, 5) is 53.3. The van der Waals surface area contributed by atoms with Gasteiger partial charge in [0.15, 0.2) is 0 Å². The molecular formula is C27H26N2O5. The van der Waals surface area contributed by atoms with Crippen molar-refractivity contribution in [3.63, 3.8) is 0 Å². The van der Waals surface area contributed by atoms with Crippen LogP contribution in [-0.2, 0) is 25.5 Å². The van der Waals surface area contributed by atoms with Crippen LogP contribution in [0.2, 0.25) is 0 Å². The van der Waals surface area contributed by atoms with Crippen LogP contribution in [-0.4, -0.2) is 41.2 Å². The molecule has 7 nitrogen and oxygen atoms in total. The van der Waals surface area contributed by atoms with E-state index < -0.39 is 17.9 Å². The smallest absolute Gasteiger partial charge is 0.338 e. The Morgan fingerprint density at radius 1 is 0.971 bits per heavy atom. The van der Waals surface area contributed by atoms with Gasteiger partial charge in [-0.3, -0.25) is 19.3 Å². The van der Waals surface area contributed by atoms with Crippen LogP contribution < -0.4 is 5.32 Å². The third-order valence-corrected chi connectivity index (χ3v) is 7.05. The summed E-state index contributed by atoms with van der Waals surface area (Å²) < 4.78 is 4.99. The minimum absolute atomic E-state index is 0.0762. The summed E-state index contributed by atoms with van der Waals surface area (Å²) >= 11 is 0. The number of likely N-dealkylation sites (tertiary alicyclic amines) is 1. The van der Waals surface area contributed by atoms with Crippen LogP contribution in [0.1, 0.15) is 29.3 Å². The van der Waals surface area contributed by atoms with Gasteiger partial charge in [0.05, 0.1) is 24.0 Å². The summed E-state index contributed by atoms with van der Waals surface area (Å²) in [6.07, 6.45) is 5.14. The number of fused-ring (bicyclic) bond motifs is 5. The Balaban J connectivity index is 1.39. The van der Waals surface area contributed by atoms with Gasteiger partial charge in [0.2, 0.25) is 17.7 Å². The number of hydrogen-bond donors (Lipinski definition) is 1. The average Bonchev–Trinajstić information content (AvgIpc) is 3.53. The van der Waals surface area contributed by atoms with Crippen molar-refractivity contribution in [2.24, 2.45) is 23.7 Å². The predicted octanol–water partition coefficient (Wildman–Crippen LogP) is 3.22. The van der Waals surface area contributed by atoms with Crippen molar-refractivity contribution < 1.29 is 23.9 Å². The SMILES string of the molecule is CCOC(=O)c1ccc(NC(=O)[C@@H](Cc2ccccc2)N2C(=O)[C@@H]3[C@H](C2=O)[C@@H]2C=C[C@H]3C2)cc1. The molecule has 0 unspecified atom stereocenters. The first kappa shape index (κ1) is 22.1. The average molecular weight is 459 g/mol. The maximum Gasteiger partial charge on any atom is 0.338 e. The predicted molar refractivity (Wildman–Crippen MR) is 125 cm³/mol.